The first-order valence-electron chi connectivity index (χ1n) is 6.19. The summed E-state index contributed by atoms with van der Waals surface area (Å²) in [5.41, 5.74) is 0.970. The Labute approximate surface area is 110 Å². The number of nitrogens with one attached hydrogen (secondary N) is 2. The van der Waals surface area contributed by atoms with Crippen LogP contribution in [0.5, 0.6) is 0 Å². The molecule has 0 saturated carbocycles. The van der Waals surface area contributed by atoms with Crippen LogP contribution >= 0.6 is 0 Å². The molecule has 0 saturated heterocycles. The average Bonchev–Trinajstić information content (AvgIpc) is 2.28. The lowest BCUT2D eigenvalue weighted by Gasteiger charge is -2.15. The Morgan fingerprint density at radius 1 is 1.11 bits per heavy atom. The molecule has 1 aromatic rings. The smallest absolute Gasteiger partial charge is 0.213 e. The molecule has 0 fully saturated rings. The molecular weight excluding hydrogens is 248 g/mol. The van der Waals surface area contributed by atoms with E-state index in [1.807, 2.05) is 51.1 Å². The summed E-state index contributed by atoms with van der Waals surface area (Å²) in [6, 6.07) is 9.65. The van der Waals surface area contributed by atoms with Crippen LogP contribution in [-0.4, -0.2) is 26.8 Å². The number of benzene rings is 1. The monoisotopic (exact) mass is 270 g/mol. The van der Waals surface area contributed by atoms with E-state index in [0.29, 0.717) is 12.6 Å². The van der Waals surface area contributed by atoms with Gasteiger partial charge in [0, 0.05) is 18.6 Å². The molecule has 0 aliphatic rings. The van der Waals surface area contributed by atoms with Gasteiger partial charge in [-0.1, -0.05) is 44.2 Å². The van der Waals surface area contributed by atoms with Crippen LogP contribution in [0, 0.1) is 0 Å². The maximum absolute atomic E-state index is 11.8. The van der Waals surface area contributed by atoms with E-state index >= 15 is 0 Å². The predicted molar refractivity (Wildman–Crippen MR) is 74.9 cm³/mol. The predicted octanol–water partition coefficient (Wildman–Crippen LogP) is 1.66. The normalized spacial score (nSPS) is 13.8. The van der Waals surface area contributed by atoms with E-state index in [1.165, 1.54) is 0 Å². The zero-order chi connectivity index (χ0) is 13.6. The minimum absolute atomic E-state index is 0.0996. The van der Waals surface area contributed by atoms with Crippen molar-refractivity contribution in [3.63, 3.8) is 0 Å². The van der Waals surface area contributed by atoms with Crippen molar-refractivity contribution in [2.45, 2.75) is 32.9 Å². The van der Waals surface area contributed by atoms with E-state index in [1.54, 1.807) is 0 Å². The molecule has 0 aliphatic heterocycles. The van der Waals surface area contributed by atoms with Crippen molar-refractivity contribution >= 4 is 10.0 Å². The van der Waals surface area contributed by atoms with Gasteiger partial charge in [0.2, 0.25) is 10.0 Å². The summed E-state index contributed by atoms with van der Waals surface area (Å²) in [5, 5.41) is 3.10. The minimum Gasteiger partial charge on any atom is -0.313 e. The number of hydrogen-bond donors (Lipinski definition) is 2. The Bertz CT molecular complexity index is 443. The molecule has 0 aliphatic carbocycles. The summed E-state index contributed by atoms with van der Waals surface area (Å²) in [5.74, 6) is 0.0996. The van der Waals surface area contributed by atoms with Crippen LogP contribution in [0.4, 0.5) is 0 Å². The Kier molecular flexibility index (Phi) is 5.78. The van der Waals surface area contributed by atoms with Gasteiger partial charge in [-0.15, -0.1) is 0 Å². The lowest BCUT2D eigenvalue weighted by Crippen LogP contribution is -2.35. The second-order valence-electron chi connectivity index (χ2n) is 4.68. The van der Waals surface area contributed by atoms with Gasteiger partial charge in [0.05, 0.1) is 5.75 Å². The summed E-state index contributed by atoms with van der Waals surface area (Å²) in [4.78, 5) is 0. The first-order valence-corrected chi connectivity index (χ1v) is 7.84. The highest BCUT2D eigenvalue weighted by Gasteiger charge is 2.15. The third kappa shape index (κ3) is 5.62. The third-order valence-corrected chi connectivity index (χ3v) is 4.03. The molecular formula is C13H22N2O2S. The highest BCUT2D eigenvalue weighted by atomic mass is 32.2. The fourth-order valence-electron chi connectivity index (χ4n) is 1.62. The Balaban J connectivity index is 2.50. The van der Waals surface area contributed by atoms with E-state index < -0.39 is 10.0 Å². The quantitative estimate of drug-likeness (QED) is 0.792. The van der Waals surface area contributed by atoms with Gasteiger partial charge in [-0.2, -0.15) is 0 Å². The minimum atomic E-state index is -3.24. The van der Waals surface area contributed by atoms with E-state index in [-0.39, 0.29) is 11.8 Å². The van der Waals surface area contributed by atoms with Crippen molar-refractivity contribution < 1.29 is 8.42 Å². The Morgan fingerprint density at radius 2 is 1.72 bits per heavy atom. The summed E-state index contributed by atoms with van der Waals surface area (Å²) in [6.07, 6.45) is 0. The summed E-state index contributed by atoms with van der Waals surface area (Å²) < 4.78 is 26.4. The molecule has 0 spiro atoms. The zero-order valence-electron chi connectivity index (χ0n) is 11.2. The third-order valence-electron chi connectivity index (χ3n) is 2.58. The molecule has 18 heavy (non-hydrogen) atoms. The maximum Gasteiger partial charge on any atom is 0.213 e. The highest BCUT2D eigenvalue weighted by molar-refractivity contribution is 7.89. The van der Waals surface area contributed by atoms with Gasteiger partial charge in [-0.05, 0) is 12.5 Å². The fourth-order valence-corrected chi connectivity index (χ4v) is 2.80. The summed E-state index contributed by atoms with van der Waals surface area (Å²) in [7, 11) is -3.24. The van der Waals surface area contributed by atoms with Gasteiger partial charge in [-0.25, -0.2) is 13.1 Å². The van der Waals surface area contributed by atoms with E-state index in [0.717, 1.165) is 5.56 Å². The van der Waals surface area contributed by atoms with Crippen molar-refractivity contribution in [1.29, 1.82) is 0 Å². The van der Waals surface area contributed by atoms with Crippen molar-refractivity contribution in [2.75, 3.05) is 12.3 Å². The van der Waals surface area contributed by atoms with E-state index in [2.05, 4.69) is 10.0 Å². The largest absolute Gasteiger partial charge is 0.313 e. The fraction of sp³-hybridized carbons (Fsp3) is 0.538. The van der Waals surface area contributed by atoms with Crippen LogP contribution in [0.25, 0.3) is 0 Å². The molecule has 1 unspecified atom stereocenters. The van der Waals surface area contributed by atoms with Crippen molar-refractivity contribution in [3.05, 3.63) is 35.9 Å². The summed E-state index contributed by atoms with van der Waals surface area (Å²) >= 11 is 0. The first-order chi connectivity index (χ1) is 8.41. The standard InChI is InChI=1S/C13H22N2O2S/c1-11(2)14-9-10-18(16,17)15-12(3)13-7-5-4-6-8-13/h4-8,11-12,14-15H,9-10H2,1-3H3. The van der Waals surface area contributed by atoms with E-state index in [9.17, 15) is 8.42 Å². The van der Waals surface area contributed by atoms with Crippen LogP contribution in [0.1, 0.15) is 32.4 Å². The highest BCUT2D eigenvalue weighted by Crippen LogP contribution is 2.12. The van der Waals surface area contributed by atoms with Crippen molar-refractivity contribution in [1.82, 2.24) is 10.0 Å². The molecule has 0 aromatic heterocycles. The molecule has 5 heteroatoms. The van der Waals surface area contributed by atoms with Gasteiger partial charge in [0.1, 0.15) is 0 Å². The van der Waals surface area contributed by atoms with Crippen LogP contribution < -0.4 is 10.0 Å². The molecule has 2 N–H and O–H groups in total. The van der Waals surface area contributed by atoms with Crippen LogP contribution in [0.3, 0.4) is 0 Å². The molecule has 102 valence electrons. The van der Waals surface area contributed by atoms with Gasteiger partial charge in [-0.3, -0.25) is 0 Å². The van der Waals surface area contributed by atoms with Crippen LogP contribution in [0.2, 0.25) is 0 Å². The number of sulfonamides is 1. The number of rotatable bonds is 7. The second-order valence-corrected chi connectivity index (χ2v) is 6.55. The van der Waals surface area contributed by atoms with Crippen molar-refractivity contribution in [2.24, 2.45) is 0 Å². The van der Waals surface area contributed by atoms with Crippen LogP contribution in [0.15, 0.2) is 30.3 Å². The first kappa shape index (κ1) is 15.1. The van der Waals surface area contributed by atoms with Gasteiger partial charge < -0.3 is 5.32 Å². The molecule has 1 atom stereocenters. The zero-order valence-corrected chi connectivity index (χ0v) is 12.0. The number of hydrogen-bond acceptors (Lipinski definition) is 3. The molecule has 4 nitrogen and oxygen atoms in total. The van der Waals surface area contributed by atoms with Gasteiger partial charge in [0.25, 0.3) is 0 Å². The Hall–Kier alpha value is -0.910. The van der Waals surface area contributed by atoms with Crippen molar-refractivity contribution in [3.8, 4) is 0 Å². The SMILES string of the molecule is CC(C)NCCS(=O)(=O)NC(C)c1ccccc1. The molecule has 0 heterocycles. The second kappa shape index (κ2) is 6.87. The molecule has 0 radical (unpaired) electrons. The Morgan fingerprint density at radius 3 is 2.28 bits per heavy atom. The summed E-state index contributed by atoms with van der Waals surface area (Å²) in [6.45, 7) is 6.30. The lowest BCUT2D eigenvalue weighted by molar-refractivity contribution is 0.555. The maximum atomic E-state index is 11.8. The topological polar surface area (TPSA) is 58.2 Å². The average molecular weight is 270 g/mol. The lowest BCUT2D eigenvalue weighted by atomic mass is 10.1. The van der Waals surface area contributed by atoms with Gasteiger partial charge >= 0.3 is 0 Å². The van der Waals surface area contributed by atoms with E-state index in [4.69, 9.17) is 0 Å². The molecule has 1 aromatic carbocycles. The van der Waals surface area contributed by atoms with Crippen LogP contribution in [-0.2, 0) is 10.0 Å². The molecule has 0 bridgehead atoms. The van der Waals surface area contributed by atoms with Gasteiger partial charge in [0.15, 0.2) is 0 Å². The molecule has 0 amide bonds. The molecule has 1 rings (SSSR count).